The van der Waals surface area contributed by atoms with Crippen molar-refractivity contribution in [1.82, 2.24) is 0 Å². The van der Waals surface area contributed by atoms with Gasteiger partial charge in [0.1, 0.15) is 13.2 Å². The van der Waals surface area contributed by atoms with Gasteiger partial charge in [0, 0.05) is 19.3 Å². The molecule has 0 aliphatic heterocycles. The molecule has 0 N–H and O–H groups in total. The van der Waals surface area contributed by atoms with Crippen molar-refractivity contribution in [1.29, 1.82) is 0 Å². The molecule has 470 valence electrons. The fourth-order valence-corrected chi connectivity index (χ4v) is 11.0. The Labute approximate surface area is 499 Å². The van der Waals surface area contributed by atoms with Gasteiger partial charge in [-0.25, -0.2) is 0 Å². The predicted molar refractivity (Wildman–Crippen MR) is 349 cm³/mol. The average Bonchev–Trinajstić information content (AvgIpc) is 3.46. The Kier molecular flexibility index (Phi) is 67.1. The molecule has 0 aromatic carbocycles. The van der Waals surface area contributed by atoms with Gasteiger partial charge in [0.15, 0.2) is 6.10 Å². The molecule has 1 atom stereocenters. The summed E-state index contributed by atoms with van der Waals surface area (Å²) in [6.07, 6.45) is 86.0. The number of carbonyl (C=O) groups excluding carboxylic acids is 3. The molecule has 6 nitrogen and oxygen atoms in total. The monoisotopic (exact) mass is 1120 g/mol. The number of hydrogen-bond donors (Lipinski definition) is 0. The Morgan fingerprint density at radius 1 is 0.250 bits per heavy atom. The first kappa shape index (κ1) is 77.6. The van der Waals surface area contributed by atoms with Crippen LogP contribution in [-0.2, 0) is 28.6 Å². The molecule has 0 amide bonds. The molecule has 0 saturated heterocycles. The van der Waals surface area contributed by atoms with Gasteiger partial charge in [0.25, 0.3) is 0 Å². The molecule has 0 aromatic heterocycles. The molecule has 0 rings (SSSR count). The fourth-order valence-electron chi connectivity index (χ4n) is 11.0. The smallest absolute Gasteiger partial charge is 0.306 e. The van der Waals surface area contributed by atoms with E-state index >= 15 is 0 Å². The van der Waals surface area contributed by atoms with Gasteiger partial charge in [-0.1, -0.05) is 359 Å². The van der Waals surface area contributed by atoms with Crippen LogP contribution in [0.1, 0.15) is 400 Å². The minimum absolute atomic E-state index is 0.0717. The van der Waals surface area contributed by atoms with Crippen LogP contribution in [-0.4, -0.2) is 37.2 Å². The van der Waals surface area contributed by atoms with Crippen molar-refractivity contribution in [2.24, 2.45) is 0 Å². The van der Waals surface area contributed by atoms with Gasteiger partial charge in [0.2, 0.25) is 0 Å². The molecule has 0 radical (unpaired) electrons. The fraction of sp³-hybridized carbons (Fsp3) is 0.878. The zero-order chi connectivity index (χ0) is 57.8. The minimum atomic E-state index is -0.777. The number of allylic oxidation sites excluding steroid dienone is 6. The van der Waals surface area contributed by atoms with Gasteiger partial charge in [-0.15, -0.1) is 0 Å². The summed E-state index contributed by atoms with van der Waals surface area (Å²) in [6.45, 7) is 6.70. The highest BCUT2D eigenvalue weighted by molar-refractivity contribution is 5.71. The van der Waals surface area contributed by atoms with Crippen LogP contribution in [0.3, 0.4) is 0 Å². The Morgan fingerprint density at radius 2 is 0.450 bits per heavy atom. The van der Waals surface area contributed by atoms with Crippen molar-refractivity contribution in [3.63, 3.8) is 0 Å². The summed E-state index contributed by atoms with van der Waals surface area (Å²) in [6, 6.07) is 0. The third-order valence-electron chi connectivity index (χ3n) is 16.4. The summed E-state index contributed by atoms with van der Waals surface area (Å²) in [7, 11) is 0. The van der Waals surface area contributed by atoms with Crippen LogP contribution in [0.15, 0.2) is 36.5 Å². The molecule has 0 spiro atoms. The molecule has 0 fully saturated rings. The number of carbonyl (C=O) groups is 3. The third-order valence-corrected chi connectivity index (χ3v) is 16.4. The number of hydrogen-bond acceptors (Lipinski definition) is 6. The highest BCUT2D eigenvalue weighted by Gasteiger charge is 2.19. The maximum Gasteiger partial charge on any atom is 0.306 e. The van der Waals surface area contributed by atoms with Crippen LogP contribution in [0.2, 0.25) is 0 Å². The lowest BCUT2D eigenvalue weighted by molar-refractivity contribution is -0.167. The summed E-state index contributed by atoms with van der Waals surface area (Å²) in [5, 5.41) is 0. The highest BCUT2D eigenvalue weighted by Crippen LogP contribution is 2.19. The molecule has 0 aliphatic rings. The maximum atomic E-state index is 13.0. The van der Waals surface area contributed by atoms with E-state index in [0.717, 1.165) is 77.0 Å². The molecular formula is C74H138O6. The Balaban J connectivity index is 4.29. The second kappa shape index (κ2) is 69.1. The summed E-state index contributed by atoms with van der Waals surface area (Å²) in [4.78, 5) is 38.5. The standard InChI is InChI=1S/C74H138O6/c1-4-7-10-13-16-19-22-25-28-31-33-35-36-37-38-40-41-43-46-49-52-55-58-61-64-67-73(76)79-70-71(69-78-72(75)66-63-60-57-54-51-48-45-30-27-24-21-18-15-12-9-6-3)80-74(77)68-65-62-59-56-53-50-47-44-42-39-34-32-29-26-23-20-17-14-11-8-5-2/h23,26,32,34,42,44,71H,4-22,24-25,27-31,33,35-41,43,45-70H2,1-3H3/b26-23-,34-32-,44-42-. The second-order valence-electron chi connectivity index (χ2n) is 24.5. The number of rotatable bonds is 67. The van der Waals surface area contributed by atoms with E-state index in [1.54, 1.807) is 0 Å². The molecule has 80 heavy (non-hydrogen) atoms. The van der Waals surface area contributed by atoms with E-state index in [1.165, 1.54) is 283 Å². The van der Waals surface area contributed by atoms with Gasteiger partial charge >= 0.3 is 17.9 Å². The quantitative estimate of drug-likeness (QED) is 0.0261. The maximum absolute atomic E-state index is 13.0. The van der Waals surface area contributed by atoms with Crippen molar-refractivity contribution >= 4 is 17.9 Å². The molecular weight excluding hydrogens is 985 g/mol. The summed E-state index contributed by atoms with van der Waals surface area (Å²) >= 11 is 0. The first-order chi connectivity index (χ1) is 39.5. The largest absolute Gasteiger partial charge is 0.462 e. The summed E-state index contributed by atoms with van der Waals surface area (Å²) < 4.78 is 17.0. The van der Waals surface area contributed by atoms with E-state index in [4.69, 9.17) is 14.2 Å². The van der Waals surface area contributed by atoms with Gasteiger partial charge in [-0.3, -0.25) is 14.4 Å². The normalized spacial score (nSPS) is 12.2. The molecule has 1 unspecified atom stereocenters. The summed E-state index contributed by atoms with van der Waals surface area (Å²) in [5.41, 5.74) is 0. The molecule has 0 aliphatic carbocycles. The van der Waals surface area contributed by atoms with Crippen molar-refractivity contribution in [3.05, 3.63) is 36.5 Å². The van der Waals surface area contributed by atoms with Crippen molar-refractivity contribution in [3.8, 4) is 0 Å². The predicted octanol–water partition coefficient (Wildman–Crippen LogP) is 24.7. The highest BCUT2D eigenvalue weighted by atomic mass is 16.6. The van der Waals surface area contributed by atoms with E-state index in [1.807, 2.05) is 0 Å². The Hall–Kier alpha value is -2.37. The van der Waals surface area contributed by atoms with E-state index < -0.39 is 6.10 Å². The van der Waals surface area contributed by atoms with Crippen LogP contribution < -0.4 is 0 Å². The van der Waals surface area contributed by atoms with Crippen molar-refractivity contribution < 1.29 is 28.6 Å². The lowest BCUT2D eigenvalue weighted by Crippen LogP contribution is -2.30. The minimum Gasteiger partial charge on any atom is -0.462 e. The van der Waals surface area contributed by atoms with E-state index in [2.05, 4.69) is 57.2 Å². The molecule has 0 aromatic rings. The lowest BCUT2D eigenvalue weighted by Gasteiger charge is -2.18. The SMILES string of the molecule is CCCCCCC/C=C\C/C=C\C/C=C\CCCCCCCCC(=O)OC(COC(=O)CCCCCCCCCCCCCCCCCC)COC(=O)CCCCCCCCCCCCCCCCCCCCCCCCCCC. The van der Waals surface area contributed by atoms with E-state index in [-0.39, 0.29) is 31.1 Å². The van der Waals surface area contributed by atoms with Crippen molar-refractivity contribution in [2.45, 2.75) is 406 Å². The summed E-state index contributed by atoms with van der Waals surface area (Å²) in [5.74, 6) is -0.852. The Bertz CT molecular complexity index is 1340. The zero-order valence-corrected chi connectivity index (χ0v) is 54.1. The van der Waals surface area contributed by atoms with Crippen LogP contribution >= 0.6 is 0 Å². The molecule has 0 saturated carbocycles. The zero-order valence-electron chi connectivity index (χ0n) is 54.1. The second-order valence-corrected chi connectivity index (χ2v) is 24.5. The van der Waals surface area contributed by atoms with Crippen LogP contribution in [0.4, 0.5) is 0 Å². The van der Waals surface area contributed by atoms with Crippen LogP contribution in [0.25, 0.3) is 0 Å². The molecule has 0 heterocycles. The molecule has 0 bridgehead atoms. The average molecular weight is 1120 g/mol. The Morgan fingerprint density at radius 3 is 0.700 bits per heavy atom. The number of ether oxygens (including phenoxy) is 3. The van der Waals surface area contributed by atoms with Crippen LogP contribution in [0.5, 0.6) is 0 Å². The van der Waals surface area contributed by atoms with Crippen LogP contribution in [0, 0.1) is 0 Å². The number of esters is 3. The topological polar surface area (TPSA) is 78.9 Å². The number of unbranched alkanes of at least 4 members (excludes halogenated alkanes) is 50. The first-order valence-corrected chi connectivity index (χ1v) is 36.0. The van der Waals surface area contributed by atoms with Gasteiger partial charge < -0.3 is 14.2 Å². The van der Waals surface area contributed by atoms with Gasteiger partial charge in [-0.2, -0.15) is 0 Å². The first-order valence-electron chi connectivity index (χ1n) is 36.0. The van der Waals surface area contributed by atoms with E-state index in [0.29, 0.717) is 19.3 Å². The van der Waals surface area contributed by atoms with Gasteiger partial charge in [-0.05, 0) is 57.8 Å². The van der Waals surface area contributed by atoms with Gasteiger partial charge in [0.05, 0.1) is 0 Å². The molecule has 6 heteroatoms. The van der Waals surface area contributed by atoms with E-state index in [9.17, 15) is 14.4 Å². The third kappa shape index (κ3) is 66.4. The van der Waals surface area contributed by atoms with Crippen molar-refractivity contribution in [2.75, 3.05) is 13.2 Å². The lowest BCUT2D eigenvalue weighted by atomic mass is 10.0.